The molecule has 0 aliphatic heterocycles. The first-order valence-electron chi connectivity index (χ1n) is 8.35. The van der Waals surface area contributed by atoms with Crippen molar-refractivity contribution in [3.63, 3.8) is 0 Å². The van der Waals surface area contributed by atoms with Gasteiger partial charge in [0.1, 0.15) is 23.1 Å². The van der Waals surface area contributed by atoms with Crippen LogP contribution in [0.15, 0.2) is 65.6 Å². The molecule has 1 N–H and O–H groups in total. The lowest BCUT2D eigenvalue weighted by molar-refractivity contribution is 0.307. The van der Waals surface area contributed by atoms with Gasteiger partial charge in [0.2, 0.25) is 15.9 Å². The second kappa shape index (κ2) is 8.77. The molecule has 0 aliphatic carbocycles. The van der Waals surface area contributed by atoms with Gasteiger partial charge in [-0.2, -0.15) is 0 Å². The minimum Gasteiger partial charge on any atom is -0.497 e. The highest BCUT2D eigenvalue weighted by Gasteiger charge is 2.17. The molecule has 1 aromatic heterocycles. The van der Waals surface area contributed by atoms with Gasteiger partial charge in [0, 0.05) is 18.2 Å². The molecule has 28 heavy (non-hydrogen) atoms. The number of rotatable bonds is 8. The Labute approximate surface area is 162 Å². The Morgan fingerprint density at radius 3 is 2.39 bits per heavy atom. The minimum atomic E-state index is -3.95. The van der Waals surface area contributed by atoms with Crippen LogP contribution in [0.25, 0.3) is 11.3 Å². The van der Waals surface area contributed by atoms with Crippen molar-refractivity contribution in [2.75, 3.05) is 20.3 Å². The lowest BCUT2D eigenvalue weighted by atomic mass is 10.1. The van der Waals surface area contributed by atoms with Gasteiger partial charge >= 0.3 is 0 Å². The van der Waals surface area contributed by atoms with Crippen LogP contribution in [0.5, 0.6) is 11.6 Å². The number of ether oxygens (including phenoxy) is 2. The van der Waals surface area contributed by atoms with Gasteiger partial charge in [0.15, 0.2) is 0 Å². The van der Waals surface area contributed by atoms with E-state index in [9.17, 15) is 12.8 Å². The van der Waals surface area contributed by atoms with E-state index in [1.807, 2.05) is 24.3 Å². The standard InChI is InChI=1S/C19H18FN3O4S/c1-26-15-8-6-14(7-9-15)17-10-11-19(23-22-17)27-13-12-21-28(24,25)18-5-3-2-4-16(18)20/h2-11,21H,12-13H2,1H3. The van der Waals surface area contributed by atoms with Gasteiger partial charge in [-0.1, -0.05) is 12.1 Å². The quantitative estimate of drug-likeness (QED) is 0.582. The maximum atomic E-state index is 13.6. The molecule has 9 heteroatoms. The number of hydrogen-bond donors (Lipinski definition) is 1. The molecule has 0 radical (unpaired) electrons. The van der Waals surface area contributed by atoms with Crippen LogP contribution >= 0.6 is 0 Å². The minimum absolute atomic E-state index is 0.0181. The highest BCUT2D eigenvalue weighted by molar-refractivity contribution is 7.89. The number of halogens is 1. The van der Waals surface area contributed by atoms with Gasteiger partial charge in [-0.3, -0.25) is 0 Å². The summed E-state index contributed by atoms with van der Waals surface area (Å²) in [5, 5.41) is 8.05. The first-order chi connectivity index (χ1) is 13.5. The number of nitrogens with one attached hydrogen (secondary N) is 1. The van der Waals surface area contributed by atoms with E-state index in [2.05, 4.69) is 14.9 Å². The van der Waals surface area contributed by atoms with E-state index in [0.717, 1.165) is 17.4 Å². The Balaban J connectivity index is 1.53. The van der Waals surface area contributed by atoms with Crippen molar-refractivity contribution in [2.45, 2.75) is 4.90 Å². The van der Waals surface area contributed by atoms with Gasteiger partial charge < -0.3 is 9.47 Å². The van der Waals surface area contributed by atoms with E-state index >= 15 is 0 Å². The molecule has 3 aromatic rings. The van der Waals surface area contributed by atoms with Gasteiger partial charge in [0.25, 0.3) is 0 Å². The molecular weight excluding hydrogens is 385 g/mol. The van der Waals surface area contributed by atoms with Crippen LogP contribution in [0.3, 0.4) is 0 Å². The summed E-state index contributed by atoms with van der Waals surface area (Å²) in [6, 6.07) is 15.9. The number of benzene rings is 2. The van der Waals surface area contributed by atoms with E-state index in [0.29, 0.717) is 5.69 Å². The molecule has 146 valence electrons. The van der Waals surface area contributed by atoms with Crippen LogP contribution in [-0.2, 0) is 10.0 Å². The summed E-state index contributed by atoms with van der Waals surface area (Å²) in [6.45, 7) is -0.0250. The highest BCUT2D eigenvalue weighted by Crippen LogP contribution is 2.21. The van der Waals surface area contributed by atoms with Gasteiger partial charge in [-0.15, -0.1) is 10.2 Å². The van der Waals surface area contributed by atoms with Gasteiger partial charge in [0.05, 0.1) is 12.8 Å². The molecule has 0 saturated heterocycles. The third-order valence-corrected chi connectivity index (χ3v) is 5.29. The molecule has 0 aliphatic rings. The summed E-state index contributed by atoms with van der Waals surface area (Å²) >= 11 is 0. The van der Waals surface area contributed by atoms with E-state index < -0.39 is 20.7 Å². The lowest BCUT2D eigenvalue weighted by Gasteiger charge is -2.09. The Morgan fingerprint density at radius 2 is 1.75 bits per heavy atom. The fourth-order valence-corrected chi connectivity index (χ4v) is 3.47. The number of hydrogen-bond acceptors (Lipinski definition) is 6. The zero-order chi connectivity index (χ0) is 20.0. The number of methoxy groups -OCH3 is 1. The maximum Gasteiger partial charge on any atom is 0.243 e. The summed E-state index contributed by atoms with van der Waals surface area (Å²) in [5.41, 5.74) is 1.53. The summed E-state index contributed by atoms with van der Waals surface area (Å²) in [5.74, 6) is 0.188. The summed E-state index contributed by atoms with van der Waals surface area (Å²) in [6.07, 6.45) is 0. The fourth-order valence-electron chi connectivity index (χ4n) is 2.38. The van der Waals surface area contributed by atoms with Crippen LogP contribution in [0.4, 0.5) is 4.39 Å². The predicted octanol–water partition coefficient (Wildman–Crippen LogP) is 2.65. The smallest absolute Gasteiger partial charge is 0.243 e. The zero-order valence-corrected chi connectivity index (χ0v) is 15.8. The molecular formula is C19H18FN3O4S. The van der Waals surface area contributed by atoms with Crippen LogP contribution < -0.4 is 14.2 Å². The fraction of sp³-hybridized carbons (Fsp3) is 0.158. The predicted molar refractivity (Wildman–Crippen MR) is 101 cm³/mol. The van der Waals surface area contributed by atoms with Crippen LogP contribution in [0.1, 0.15) is 0 Å². The summed E-state index contributed by atoms with van der Waals surface area (Å²) in [4.78, 5) is -0.404. The van der Waals surface area contributed by atoms with Gasteiger partial charge in [-0.25, -0.2) is 17.5 Å². The molecule has 0 spiro atoms. The average Bonchev–Trinajstić information content (AvgIpc) is 2.72. The second-order valence-corrected chi connectivity index (χ2v) is 7.40. The summed E-state index contributed by atoms with van der Waals surface area (Å²) < 4.78 is 50.5. The molecule has 1 heterocycles. The van der Waals surface area contributed by atoms with Crippen molar-refractivity contribution in [2.24, 2.45) is 0 Å². The third kappa shape index (κ3) is 4.81. The monoisotopic (exact) mass is 403 g/mol. The second-order valence-electron chi connectivity index (χ2n) is 5.66. The van der Waals surface area contributed by atoms with Crippen LogP contribution in [0, 0.1) is 5.82 Å². The summed E-state index contributed by atoms with van der Waals surface area (Å²) in [7, 11) is -2.35. The third-order valence-electron chi connectivity index (χ3n) is 3.80. The Kier molecular flexibility index (Phi) is 6.17. The van der Waals surface area contributed by atoms with Crippen molar-refractivity contribution in [3.8, 4) is 22.9 Å². The Bertz CT molecular complexity index is 1030. The maximum absolute atomic E-state index is 13.6. The Hall–Kier alpha value is -3.04. The van der Waals surface area contributed by atoms with E-state index in [1.165, 1.54) is 18.2 Å². The molecule has 0 atom stereocenters. The first kappa shape index (κ1) is 19.7. The number of aromatic nitrogens is 2. The van der Waals surface area contributed by atoms with E-state index in [4.69, 9.17) is 9.47 Å². The van der Waals surface area contributed by atoms with Crippen molar-refractivity contribution in [3.05, 3.63) is 66.5 Å². The first-order valence-corrected chi connectivity index (χ1v) is 9.83. The van der Waals surface area contributed by atoms with Crippen molar-refractivity contribution < 1.29 is 22.3 Å². The van der Waals surface area contributed by atoms with Crippen molar-refractivity contribution in [1.82, 2.24) is 14.9 Å². The zero-order valence-electron chi connectivity index (χ0n) is 15.0. The van der Waals surface area contributed by atoms with Crippen LogP contribution in [0.2, 0.25) is 0 Å². The normalized spacial score (nSPS) is 11.2. The molecule has 0 saturated carbocycles. The Morgan fingerprint density at radius 1 is 1.00 bits per heavy atom. The van der Waals surface area contributed by atoms with E-state index in [1.54, 1.807) is 19.2 Å². The molecule has 2 aromatic carbocycles. The molecule has 0 fully saturated rings. The molecule has 0 unspecified atom stereocenters. The number of sulfonamides is 1. The molecule has 0 amide bonds. The van der Waals surface area contributed by atoms with E-state index in [-0.39, 0.29) is 19.0 Å². The lowest BCUT2D eigenvalue weighted by Crippen LogP contribution is -2.29. The molecule has 0 bridgehead atoms. The SMILES string of the molecule is COc1ccc(-c2ccc(OCCNS(=O)(=O)c3ccccc3F)nn2)cc1. The molecule has 7 nitrogen and oxygen atoms in total. The number of nitrogens with zero attached hydrogens (tertiary/aromatic N) is 2. The average molecular weight is 403 g/mol. The van der Waals surface area contributed by atoms with Crippen molar-refractivity contribution >= 4 is 10.0 Å². The van der Waals surface area contributed by atoms with Crippen molar-refractivity contribution in [1.29, 1.82) is 0 Å². The van der Waals surface area contributed by atoms with Gasteiger partial charge in [-0.05, 0) is 42.5 Å². The molecule has 3 rings (SSSR count). The van der Waals surface area contributed by atoms with Crippen LogP contribution in [-0.4, -0.2) is 38.9 Å². The highest BCUT2D eigenvalue weighted by atomic mass is 32.2. The topological polar surface area (TPSA) is 90.4 Å². The largest absolute Gasteiger partial charge is 0.497 e.